The van der Waals surface area contributed by atoms with E-state index in [9.17, 15) is 0 Å². The Labute approximate surface area is 105 Å². The van der Waals surface area contributed by atoms with Crippen LogP contribution < -0.4 is 4.74 Å². The van der Waals surface area contributed by atoms with Crippen LogP contribution in [0.3, 0.4) is 0 Å². The highest BCUT2D eigenvalue weighted by Gasteiger charge is 2.01. The minimum Gasteiger partial charge on any atom is -0.493 e. The lowest BCUT2D eigenvalue weighted by Crippen LogP contribution is -2.15. The second-order valence-electron chi connectivity index (χ2n) is 3.40. The first-order valence-electron chi connectivity index (χ1n) is 5.26. The maximum Gasteiger partial charge on any atom is 0.120 e. The Hall–Kier alpha value is -1.22. The van der Waals surface area contributed by atoms with Crippen molar-refractivity contribution >= 4 is 11.8 Å². The summed E-state index contributed by atoms with van der Waals surface area (Å²) < 4.78 is 5.45. The Kier molecular flexibility index (Phi) is 6.48. The fraction of sp³-hybridized carbons (Fsp3) is 0.417. The van der Waals surface area contributed by atoms with Crippen LogP contribution in [-0.4, -0.2) is 41.0 Å². The zero-order valence-corrected chi connectivity index (χ0v) is 10.2. The number of aliphatic hydroxyl groups excluding tert-OH is 2. The van der Waals surface area contributed by atoms with Crippen molar-refractivity contribution in [2.24, 2.45) is 0 Å². The molecule has 2 N–H and O–H groups in total. The summed E-state index contributed by atoms with van der Waals surface area (Å²) in [7, 11) is 0. The molecule has 0 amide bonds. The third kappa shape index (κ3) is 5.59. The average Bonchev–Trinajstić information content (AvgIpc) is 2.38. The zero-order valence-electron chi connectivity index (χ0n) is 9.37. The lowest BCUT2D eigenvalue weighted by Gasteiger charge is -2.08. The molecule has 92 valence electrons. The van der Waals surface area contributed by atoms with Crippen LogP contribution in [-0.2, 0) is 0 Å². The van der Waals surface area contributed by atoms with Crippen LogP contribution in [0.2, 0.25) is 0 Å². The fourth-order valence-corrected chi connectivity index (χ4v) is 1.89. The Balaban J connectivity index is 2.20. The van der Waals surface area contributed by atoms with Crippen molar-refractivity contribution in [2.75, 3.05) is 24.7 Å². The van der Waals surface area contributed by atoms with Crippen molar-refractivity contribution in [3.05, 3.63) is 29.8 Å². The van der Waals surface area contributed by atoms with Crippen LogP contribution in [0.5, 0.6) is 5.75 Å². The first kappa shape index (κ1) is 13.8. The van der Waals surface area contributed by atoms with Gasteiger partial charge in [-0.25, -0.2) is 0 Å². The molecular formula is C12H15NO3S. The van der Waals surface area contributed by atoms with Crippen LogP contribution in [0.15, 0.2) is 24.3 Å². The topological polar surface area (TPSA) is 73.5 Å². The SMILES string of the molecule is N#Cc1cccc(OCCSCC(O)CO)c1. The number of thioether (sulfide) groups is 1. The van der Waals surface area contributed by atoms with Gasteiger partial charge < -0.3 is 14.9 Å². The van der Waals surface area contributed by atoms with E-state index < -0.39 is 6.10 Å². The van der Waals surface area contributed by atoms with Crippen LogP contribution in [0.25, 0.3) is 0 Å². The molecule has 1 unspecified atom stereocenters. The third-order valence-electron chi connectivity index (χ3n) is 1.98. The molecule has 0 aromatic heterocycles. The molecule has 5 heteroatoms. The third-order valence-corrected chi connectivity index (χ3v) is 3.06. The number of hydrogen-bond donors (Lipinski definition) is 2. The summed E-state index contributed by atoms with van der Waals surface area (Å²) in [6.45, 7) is 0.301. The van der Waals surface area contributed by atoms with E-state index in [4.69, 9.17) is 20.2 Å². The highest BCUT2D eigenvalue weighted by atomic mass is 32.2. The summed E-state index contributed by atoms with van der Waals surface area (Å²) in [6.07, 6.45) is -0.665. The second kappa shape index (κ2) is 7.96. The smallest absolute Gasteiger partial charge is 0.120 e. The largest absolute Gasteiger partial charge is 0.493 e. The molecule has 17 heavy (non-hydrogen) atoms. The predicted molar refractivity (Wildman–Crippen MR) is 67.1 cm³/mol. The minimum atomic E-state index is -0.665. The highest BCUT2D eigenvalue weighted by Crippen LogP contribution is 2.13. The summed E-state index contributed by atoms with van der Waals surface area (Å²) in [6, 6.07) is 9.03. The van der Waals surface area contributed by atoms with Crippen molar-refractivity contribution < 1.29 is 14.9 Å². The van der Waals surface area contributed by atoms with E-state index in [2.05, 4.69) is 0 Å². The first-order chi connectivity index (χ1) is 8.26. The molecule has 0 radical (unpaired) electrons. The van der Waals surface area contributed by atoms with E-state index in [-0.39, 0.29) is 6.61 Å². The summed E-state index contributed by atoms with van der Waals surface area (Å²) in [5, 5.41) is 26.4. The maximum absolute atomic E-state index is 9.09. The van der Waals surface area contributed by atoms with Crippen molar-refractivity contribution in [3.8, 4) is 11.8 Å². The highest BCUT2D eigenvalue weighted by molar-refractivity contribution is 7.99. The molecule has 0 fully saturated rings. The van der Waals surface area contributed by atoms with Crippen molar-refractivity contribution in [2.45, 2.75) is 6.10 Å². The number of nitriles is 1. The quantitative estimate of drug-likeness (QED) is 0.710. The second-order valence-corrected chi connectivity index (χ2v) is 4.55. The number of hydrogen-bond acceptors (Lipinski definition) is 5. The van der Waals surface area contributed by atoms with Gasteiger partial charge in [-0.15, -0.1) is 0 Å². The van der Waals surface area contributed by atoms with Crippen molar-refractivity contribution in [1.29, 1.82) is 5.26 Å². The Bertz CT molecular complexity index is 378. The van der Waals surface area contributed by atoms with Gasteiger partial charge in [-0.2, -0.15) is 17.0 Å². The molecule has 0 heterocycles. The standard InChI is InChI=1S/C12H15NO3S/c13-7-10-2-1-3-12(6-10)16-4-5-17-9-11(15)8-14/h1-3,6,11,14-15H,4-5,8-9H2. The van der Waals surface area contributed by atoms with Gasteiger partial charge in [-0.1, -0.05) is 6.07 Å². The van der Waals surface area contributed by atoms with Crippen LogP contribution in [0.4, 0.5) is 0 Å². The van der Waals surface area contributed by atoms with E-state index >= 15 is 0 Å². The summed E-state index contributed by atoms with van der Waals surface area (Å²) in [4.78, 5) is 0. The van der Waals surface area contributed by atoms with E-state index in [1.165, 1.54) is 11.8 Å². The van der Waals surface area contributed by atoms with Crippen LogP contribution in [0.1, 0.15) is 5.56 Å². The lowest BCUT2D eigenvalue weighted by molar-refractivity contribution is 0.113. The summed E-state index contributed by atoms with van der Waals surface area (Å²) >= 11 is 1.52. The fourth-order valence-electron chi connectivity index (χ4n) is 1.15. The van der Waals surface area contributed by atoms with Crippen LogP contribution in [0, 0.1) is 11.3 Å². The van der Waals surface area contributed by atoms with E-state index in [1.54, 1.807) is 24.3 Å². The molecule has 0 saturated carbocycles. The summed E-state index contributed by atoms with van der Waals surface area (Å²) in [5.74, 6) is 1.90. The van der Waals surface area contributed by atoms with Crippen molar-refractivity contribution in [3.63, 3.8) is 0 Å². The van der Waals surface area contributed by atoms with Gasteiger partial charge in [0.1, 0.15) is 5.75 Å². The van der Waals surface area contributed by atoms with Gasteiger partial charge >= 0.3 is 0 Å². The minimum absolute atomic E-state index is 0.210. The Morgan fingerprint density at radius 2 is 2.29 bits per heavy atom. The number of aliphatic hydroxyl groups is 2. The normalized spacial score (nSPS) is 11.8. The first-order valence-corrected chi connectivity index (χ1v) is 6.41. The monoisotopic (exact) mass is 253 g/mol. The molecule has 1 aromatic carbocycles. The molecule has 4 nitrogen and oxygen atoms in total. The van der Waals surface area contributed by atoms with Gasteiger partial charge in [0.15, 0.2) is 0 Å². The predicted octanol–water partition coefficient (Wildman–Crippen LogP) is 1.02. The van der Waals surface area contributed by atoms with Gasteiger partial charge in [0.25, 0.3) is 0 Å². The molecule has 0 aliphatic rings. The molecule has 1 atom stereocenters. The average molecular weight is 253 g/mol. The van der Waals surface area contributed by atoms with Gasteiger partial charge in [-0.3, -0.25) is 0 Å². The molecule has 0 bridgehead atoms. The van der Waals surface area contributed by atoms with E-state index in [1.807, 2.05) is 6.07 Å². The van der Waals surface area contributed by atoms with Crippen molar-refractivity contribution in [1.82, 2.24) is 0 Å². The molecule has 0 spiro atoms. The van der Waals surface area contributed by atoms with Gasteiger partial charge in [0.2, 0.25) is 0 Å². The molecule has 0 aliphatic carbocycles. The van der Waals surface area contributed by atoms with Crippen LogP contribution >= 0.6 is 11.8 Å². The molecule has 0 aliphatic heterocycles. The molecular weight excluding hydrogens is 238 g/mol. The van der Waals surface area contributed by atoms with E-state index in [0.717, 1.165) is 5.75 Å². The number of nitrogens with zero attached hydrogens (tertiary/aromatic N) is 1. The lowest BCUT2D eigenvalue weighted by atomic mass is 10.2. The van der Waals surface area contributed by atoms with E-state index in [0.29, 0.717) is 23.7 Å². The Morgan fingerprint density at radius 3 is 3.00 bits per heavy atom. The number of ether oxygens (including phenoxy) is 1. The number of rotatable bonds is 7. The van der Waals surface area contributed by atoms with Gasteiger partial charge in [-0.05, 0) is 18.2 Å². The molecule has 1 rings (SSSR count). The zero-order chi connectivity index (χ0) is 12.5. The Morgan fingerprint density at radius 1 is 1.47 bits per heavy atom. The van der Waals surface area contributed by atoms with Gasteiger partial charge in [0, 0.05) is 11.5 Å². The molecule has 0 saturated heterocycles. The maximum atomic E-state index is 9.09. The number of benzene rings is 1. The summed E-state index contributed by atoms with van der Waals surface area (Å²) in [5.41, 5.74) is 0.575. The van der Waals surface area contributed by atoms with Gasteiger partial charge in [0.05, 0.1) is 31.0 Å². The molecule has 1 aromatic rings.